The van der Waals surface area contributed by atoms with Gasteiger partial charge in [-0.25, -0.2) is 9.97 Å². The molecule has 0 spiro atoms. The maximum atomic E-state index is 8.88. The van der Waals surface area contributed by atoms with Crippen LogP contribution in [0.25, 0.3) is 0 Å². The number of anilines is 1. The average molecular weight is 232 g/mol. The number of hydrogen-bond acceptors (Lipinski definition) is 4. The molecule has 1 heterocycles. The van der Waals surface area contributed by atoms with Gasteiger partial charge in [-0.2, -0.15) is 5.26 Å². The van der Waals surface area contributed by atoms with Gasteiger partial charge in [-0.05, 0) is 13.3 Å². The average Bonchev–Trinajstić information content (AvgIpc) is 2.35. The van der Waals surface area contributed by atoms with Gasteiger partial charge < -0.3 is 5.32 Å². The summed E-state index contributed by atoms with van der Waals surface area (Å²) in [6.07, 6.45) is 9.27. The van der Waals surface area contributed by atoms with Crippen LogP contribution < -0.4 is 5.32 Å². The van der Waals surface area contributed by atoms with Crippen LogP contribution in [0.4, 0.5) is 5.82 Å². The fourth-order valence-electron chi connectivity index (χ4n) is 1.71. The number of nitriles is 1. The van der Waals surface area contributed by atoms with Gasteiger partial charge in [-0.15, -0.1) is 0 Å². The first kappa shape index (κ1) is 13.4. The third-order valence-electron chi connectivity index (χ3n) is 2.68. The van der Waals surface area contributed by atoms with E-state index in [1.165, 1.54) is 31.9 Å². The lowest BCUT2D eigenvalue weighted by molar-refractivity contribution is 0.592. The predicted molar refractivity (Wildman–Crippen MR) is 68.6 cm³/mol. The molecule has 0 aliphatic heterocycles. The molecule has 0 radical (unpaired) electrons. The van der Waals surface area contributed by atoms with E-state index in [0.29, 0.717) is 17.6 Å². The highest BCUT2D eigenvalue weighted by atomic mass is 15.0. The summed E-state index contributed by atoms with van der Waals surface area (Å²) in [5.41, 5.74) is 0.368. The summed E-state index contributed by atoms with van der Waals surface area (Å²) in [5.74, 6) is 0.595. The quantitative estimate of drug-likeness (QED) is 0.734. The molecule has 0 fully saturated rings. The summed E-state index contributed by atoms with van der Waals surface area (Å²) in [7, 11) is 0. The Hall–Kier alpha value is -1.63. The second-order valence-corrected chi connectivity index (χ2v) is 4.26. The summed E-state index contributed by atoms with van der Waals surface area (Å²) < 4.78 is 0. The normalized spacial score (nSPS) is 11.8. The van der Waals surface area contributed by atoms with Gasteiger partial charge in [0.2, 0.25) is 0 Å². The molecular formula is C13H20N4. The van der Waals surface area contributed by atoms with Crippen molar-refractivity contribution in [2.45, 2.75) is 52.0 Å². The number of unbranched alkanes of at least 4 members (excludes halogenated alkanes) is 3. The highest BCUT2D eigenvalue weighted by Crippen LogP contribution is 2.12. The summed E-state index contributed by atoms with van der Waals surface area (Å²) in [5, 5.41) is 12.1. The van der Waals surface area contributed by atoms with Crippen LogP contribution in [0.3, 0.4) is 0 Å². The molecule has 0 aliphatic carbocycles. The first-order valence-corrected chi connectivity index (χ1v) is 6.25. The lowest BCUT2D eigenvalue weighted by Crippen LogP contribution is -2.17. The van der Waals surface area contributed by atoms with Crippen molar-refractivity contribution in [2.24, 2.45) is 0 Å². The fourth-order valence-corrected chi connectivity index (χ4v) is 1.71. The Balaban J connectivity index is 2.40. The zero-order valence-electron chi connectivity index (χ0n) is 10.6. The van der Waals surface area contributed by atoms with Gasteiger partial charge in [0.1, 0.15) is 6.07 Å². The number of nitrogens with zero attached hydrogens (tertiary/aromatic N) is 3. The van der Waals surface area contributed by atoms with Gasteiger partial charge in [0.15, 0.2) is 11.5 Å². The molecule has 0 aliphatic rings. The molecule has 17 heavy (non-hydrogen) atoms. The Bertz CT molecular complexity index is 370. The van der Waals surface area contributed by atoms with E-state index < -0.39 is 0 Å². The second-order valence-electron chi connectivity index (χ2n) is 4.26. The summed E-state index contributed by atoms with van der Waals surface area (Å²) >= 11 is 0. The van der Waals surface area contributed by atoms with Crippen LogP contribution >= 0.6 is 0 Å². The van der Waals surface area contributed by atoms with Crippen molar-refractivity contribution in [1.82, 2.24) is 9.97 Å². The van der Waals surface area contributed by atoms with Crippen LogP contribution in [0.1, 0.15) is 51.6 Å². The minimum absolute atomic E-state index is 0.329. The number of nitrogens with one attached hydrogen (secondary N) is 1. The molecule has 4 nitrogen and oxygen atoms in total. The van der Waals surface area contributed by atoms with Gasteiger partial charge in [0, 0.05) is 18.4 Å². The first-order valence-electron chi connectivity index (χ1n) is 6.25. The lowest BCUT2D eigenvalue weighted by atomic mass is 10.1. The van der Waals surface area contributed by atoms with Crippen molar-refractivity contribution in [2.75, 3.05) is 5.32 Å². The van der Waals surface area contributed by atoms with E-state index in [1.54, 1.807) is 6.20 Å². The molecular weight excluding hydrogens is 212 g/mol. The van der Waals surface area contributed by atoms with Crippen LogP contribution in [0, 0.1) is 11.3 Å². The Kier molecular flexibility index (Phi) is 6.02. The molecule has 0 bridgehead atoms. The highest BCUT2D eigenvalue weighted by Gasteiger charge is 2.07. The molecule has 0 saturated carbocycles. The molecule has 1 N–H and O–H groups in total. The highest BCUT2D eigenvalue weighted by molar-refractivity contribution is 5.47. The van der Waals surface area contributed by atoms with Crippen molar-refractivity contribution in [3.63, 3.8) is 0 Å². The molecule has 1 unspecified atom stereocenters. The predicted octanol–water partition coefficient (Wildman–Crippen LogP) is 3.12. The Labute approximate surface area is 103 Å². The Morgan fingerprint density at radius 3 is 2.76 bits per heavy atom. The number of aromatic nitrogens is 2. The van der Waals surface area contributed by atoms with Crippen molar-refractivity contribution in [3.8, 4) is 6.07 Å². The SMILES string of the molecule is CCCCCCC(C)Nc1nccnc1C#N. The van der Waals surface area contributed by atoms with E-state index in [9.17, 15) is 0 Å². The summed E-state index contributed by atoms with van der Waals surface area (Å²) in [6.45, 7) is 4.32. The number of hydrogen-bond donors (Lipinski definition) is 1. The summed E-state index contributed by atoms with van der Waals surface area (Å²) in [4.78, 5) is 8.11. The van der Waals surface area contributed by atoms with E-state index in [-0.39, 0.29) is 0 Å². The van der Waals surface area contributed by atoms with E-state index >= 15 is 0 Å². The monoisotopic (exact) mass is 232 g/mol. The van der Waals surface area contributed by atoms with Gasteiger partial charge in [0.25, 0.3) is 0 Å². The van der Waals surface area contributed by atoms with Crippen molar-refractivity contribution in [3.05, 3.63) is 18.1 Å². The molecule has 92 valence electrons. The fraction of sp³-hybridized carbons (Fsp3) is 0.615. The molecule has 1 atom stereocenters. The smallest absolute Gasteiger partial charge is 0.182 e. The number of rotatable bonds is 7. The van der Waals surface area contributed by atoms with Crippen LogP contribution in [-0.2, 0) is 0 Å². The van der Waals surface area contributed by atoms with E-state index in [2.05, 4.69) is 29.1 Å². The molecule has 1 aromatic heterocycles. The van der Waals surface area contributed by atoms with E-state index in [4.69, 9.17) is 5.26 Å². The van der Waals surface area contributed by atoms with Crippen molar-refractivity contribution < 1.29 is 0 Å². The van der Waals surface area contributed by atoms with Gasteiger partial charge in [-0.3, -0.25) is 0 Å². The standard InChI is InChI=1S/C13H20N4/c1-3-4-5-6-7-11(2)17-13-12(10-14)15-8-9-16-13/h8-9,11H,3-7H2,1-2H3,(H,16,17). The zero-order chi connectivity index (χ0) is 12.5. The van der Waals surface area contributed by atoms with Crippen LogP contribution in [0.15, 0.2) is 12.4 Å². The molecule has 1 rings (SSSR count). The maximum absolute atomic E-state index is 8.88. The largest absolute Gasteiger partial charge is 0.365 e. The summed E-state index contributed by atoms with van der Waals surface area (Å²) in [6, 6.07) is 2.37. The maximum Gasteiger partial charge on any atom is 0.182 e. The Morgan fingerprint density at radius 2 is 2.06 bits per heavy atom. The molecule has 0 saturated heterocycles. The molecule has 1 aromatic rings. The second kappa shape index (κ2) is 7.61. The van der Waals surface area contributed by atoms with Crippen LogP contribution in [0.2, 0.25) is 0 Å². The third-order valence-corrected chi connectivity index (χ3v) is 2.68. The Morgan fingerprint density at radius 1 is 1.29 bits per heavy atom. The minimum atomic E-state index is 0.329. The van der Waals surface area contributed by atoms with E-state index in [0.717, 1.165) is 6.42 Å². The van der Waals surface area contributed by atoms with Crippen LogP contribution in [-0.4, -0.2) is 16.0 Å². The molecule has 0 amide bonds. The van der Waals surface area contributed by atoms with E-state index in [1.807, 2.05) is 6.07 Å². The third kappa shape index (κ3) is 4.81. The first-order chi connectivity index (χ1) is 8.27. The van der Waals surface area contributed by atoms with Crippen molar-refractivity contribution in [1.29, 1.82) is 5.26 Å². The van der Waals surface area contributed by atoms with Gasteiger partial charge in [-0.1, -0.05) is 32.6 Å². The topological polar surface area (TPSA) is 61.6 Å². The van der Waals surface area contributed by atoms with Gasteiger partial charge in [0.05, 0.1) is 0 Å². The zero-order valence-corrected chi connectivity index (χ0v) is 10.6. The van der Waals surface area contributed by atoms with Gasteiger partial charge >= 0.3 is 0 Å². The minimum Gasteiger partial charge on any atom is -0.365 e. The lowest BCUT2D eigenvalue weighted by Gasteiger charge is -2.14. The molecule has 4 heteroatoms. The van der Waals surface area contributed by atoms with Crippen LogP contribution in [0.5, 0.6) is 0 Å². The van der Waals surface area contributed by atoms with Crippen molar-refractivity contribution >= 4 is 5.82 Å². The molecule has 0 aromatic carbocycles.